The molecule has 3 nitrogen and oxygen atoms in total. The lowest BCUT2D eigenvalue weighted by atomic mass is 9.89. The van der Waals surface area contributed by atoms with E-state index in [1.165, 1.54) is 6.92 Å². The van der Waals surface area contributed by atoms with E-state index in [-0.39, 0.29) is 0 Å². The van der Waals surface area contributed by atoms with E-state index in [0.717, 1.165) is 0 Å². The van der Waals surface area contributed by atoms with Gasteiger partial charge in [0.2, 0.25) is 0 Å². The first-order valence-corrected chi connectivity index (χ1v) is 3.18. The molecule has 54 valence electrons. The molecule has 1 aliphatic rings. The van der Waals surface area contributed by atoms with Crippen LogP contribution in [0.5, 0.6) is 0 Å². The van der Waals surface area contributed by atoms with E-state index in [2.05, 4.69) is 0 Å². The number of hydrogen-bond donors (Lipinski definition) is 1. The number of nitrogens with zero attached hydrogens (tertiary/aromatic N) is 1. The maximum atomic E-state index is 10.3. The Morgan fingerprint density at radius 1 is 1.80 bits per heavy atom. The molecular formula is C7H9NO2. The van der Waals surface area contributed by atoms with Crippen molar-refractivity contribution in [3.63, 3.8) is 0 Å². The van der Waals surface area contributed by atoms with Gasteiger partial charge in [0.15, 0.2) is 6.29 Å². The third-order valence-corrected chi connectivity index (χ3v) is 2.16. The Hall–Kier alpha value is -0.880. The minimum absolute atomic E-state index is 0.448. The molecule has 1 rings (SSSR count). The van der Waals surface area contributed by atoms with Gasteiger partial charge in [0.25, 0.3) is 0 Å². The normalized spacial score (nSPS) is 26.1. The SMILES string of the molecule is CC(O)(C=O)C1(C#N)CC1. The third-order valence-electron chi connectivity index (χ3n) is 2.16. The summed E-state index contributed by atoms with van der Waals surface area (Å²) in [4.78, 5) is 10.3. The van der Waals surface area contributed by atoms with Crippen molar-refractivity contribution in [2.75, 3.05) is 0 Å². The number of aliphatic hydroxyl groups is 1. The highest BCUT2D eigenvalue weighted by atomic mass is 16.3. The van der Waals surface area contributed by atoms with Crippen LogP contribution in [-0.4, -0.2) is 17.0 Å². The zero-order chi connectivity index (χ0) is 7.83. The summed E-state index contributed by atoms with van der Waals surface area (Å²) in [5.74, 6) is 0. The van der Waals surface area contributed by atoms with Crippen LogP contribution in [0.25, 0.3) is 0 Å². The number of rotatable bonds is 2. The first kappa shape index (κ1) is 7.23. The van der Waals surface area contributed by atoms with E-state index < -0.39 is 11.0 Å². The maximum Gasteiger partial charge on any atom is 0.152 e. The van der Waals surface area contributed by atoms with Crippen molar-refractivity contribution in [3.05, 3.63) is 0 Å². The summed E-state index contributed by atoms with van der Waals surface area (Å²) in [7, 11) is 0. The quantitative estimate of drug-likeness (QED) is 0.557. The maximum absolute atomic E-state index is 10.3. The molecule has 1 fully saturated rings. The summed E-state index contributed by atoms with van der Waals surface area (Å²) >= 11 is 0. The van der Waals surface area contributed by atoms with Gasteiger partial charge < -0.3 is 9.90 Å². The van der Waals surface area contributed by atoms with Crippen molar-refractivity contribution in [2.24, 2.45) is 5.41 Å². The smallest absolute Gasteiger partial charge is 0.152 e. The highest BCUT2D eigenvalue weighted by molar-refractivity contribution is 5.65. The minimum Gasteiger partial charge on any atom is -0.381 e. The molecule has 1 atom stereocenters. The Kier molecular flexibility index (Phi) is 1.30. The highest BCUT2D eigenvalue weighted by Crippen LogP contribution is 2.52. The van der Waals surface area contributed by atoms with Gasteiger partial charge >= 0.3 is 0 Å². The zero-order valence-electron chi connectivity index (χ0n) is 5.79. The summed E-state index contributed by atoms with van der Waals surface area (Å²) in [6.07, 6.45) is 1.72. The van der Waals surface area contributed by atoms with Crippen LogP contribution in [0.2, 0.25) is 0 Å². The first-order valence-electron chi connectivity index (χ1n) is 3.18. The van der Waals surface area contributed by atoms with Gasteiger partial charge in [0.1, 0.15) is 5.60 Å². The lowest BCUT2D eigenvalue weighted by molar-refractivity contribution is -0.126. The van der Waals surface area contributed by atoms with Gasteiger partial charge in [-0.05, 0) is 19.8 Å². The number of carbonyl (C=O) groups excluding carboxylic acids is 1. The van der Waals surface area contributed by atoms with Crippen molar-refractivity contribution in [1.29, 1.82) is 5.26 Å². The standard InChI is InChI=1S/C7H9NO2/c1-6(10,5-9)7(4-8)2-3-7/h5,10H,2-3H2,1H3. The van der Waals surface area contributed by atoms with E-state index in [1.54, 1.807) is 0 Å². The van der Waals surface area contributed by atoms with Crippen molar-refractivity contribution in [3.8, 4) is 6.07 Å². The van der Waals surface area contributed by atoms with Gasteiger partial charge in [-0.1, -0.05) is 0 Å². The molecule has 0 aromatic rings. The lowest BCUT2D eigenvalue weighted by Crippen LogP contribution is -2.36. The summed E-state index contributed by atoms with van der Waals surface area (Å²) < 4.78 is 0. The van der Waals surface area contributed by atoms with E-state index in [1.807, 2.05) is 6.07 Å². The summed E-state index contributed by atoms with van der Waals surface area (Å²) in [6.45, 7) is 1.39. The Morgan fingerprint density at radius 2 is 2.30 bits per heavy atom. The van der Waals surface area contributed by atoms with Crippen LogP contribution in [0.15, 0.2) is 0 Å². The van der Waals surface area contributed by atoms with Crippen molar-refractivity contribution in [2.45, 2.75) is 25.4 Å². The molecule has 3 heteroatoms. The Labute approximate surface area is 59.3 Å². The van der Waals surface area contributed by atoms with E-state index in [0.29, 0.717) is 19.1 Å². The highest BCUT2D eigenvalue weighted by Gasteiger charge is 2.57. The lowest BCUT2D eigenvalue weighted by Gasteiger charge is -2.20. The molecule has 0 bridgehead atoms. The molecule has 1 aliphatic carbocycles. The Balaban J connectivity index is 2.84. The molecule has 1 saturated carbocycles. The Bertz CT molecular complexity index is 198. The van der Waals surface area contributed by atoms with E-state index in [9.17, 15) is 9.90 Å². The van der Waals surface area contributed by atoms with Crippen LogP contribution in [0, 0.1) is 16.7 Å². The van der Waals surface area contributed by atoms with Crippen LogP contribution >= 0.6 is 0 Å². The predicted molar refractivity (Wildman–Crippen MR) is 34.0 cm³/mol. The second-order valence-corrected chi connectivity index (χ2v) is 2.96. The zero-order valence-corrected chi connectivity index (χ0v) is 5.79. The molecule has 0 aromatic heterocycles. The van der Waals surface area contributed by atoms with E-state index >= 15 is 0 Å². The number of aldehydes is 1. The number of hydrogen-bond acceptors (Lipinski definition) is 3. The molecule has 0 heterocycles. The van der Waals surface area contributed by atoms with Gasteiger partial charge in [0, 0.05) is 0 Å². The number of nitriles is 1. The average Bonchev–Trinajstić information content (AvgIpc) is 2.67. The molecule has 0 aliphatic heterocycles. The summed E-state index contributed by atoms with van der Waals surface area (Å²) in [5, 5.41) is 17.9. The summed E-state index contributed by atoms with van der Waals surface area (Å²) in [6, 6.07) is 1.96. The van der Waals surface area contributed by atoms with Crippen LogP contribution < -0.4 is 0 Å². The predicted octanol–water partition coefficient (Wildman–Crippen LogP) is 0.240. The molecule has 1 unspecified atom stereocenters. The molecule has 1 N–H and O–H groups in total. The fourth-order valence-electron chi connectivity index (χ4n) is 0.969. The van der Waals surface area contributed by atoms with Crippen molar-refractivity contribution >= 4 is 6.29 Å². The van der Waals surface area contributed by atoms with Gasteiger partial charge in [-0.3, -0.25) is 0 Å². The fraction of sp³-hybridized carbons (Fsp3) is 0.714. The Morgan fingerprint density at radius 3 is 2.40 bits per heavy atom. The number of carbonyl (C=O) groups is 1. The molecular weight excluding hydrogens is 130 g/mol. The van der Waals surface area contributed by atoms with Crippen LogP contribution in [0.4, 0.5) is 0 Å². The van der Waals surface area contributed by atoms with Crippen LogP contribution in [0.3, 0.4) is 0 Å². The summed E-state index contributed by atoms with van der Waals surface area (Å²) in [5.41, 5.74) is -2.21. The van der Waals surface area contributed by atoms with Gasteiger partial charge in [-0.25, -0.2) is 0 Å². The molecule has 0 radical (unpaired) electrons. The van der Waals surface area contributed by atoms with Crippen molar-refractivity contribution < 1.29 is 9.90 Å². The van der Waals surface area contributed by atoms with Crippen LogP contribution in [-0.2, 0) is 4.79 Å². The average molecular weight is 139 g/mol. The molecule has 0 spiro atoms. The molecule has 10 heavy (non-hydrogen) atoms. The second-order valence-electron chi connectivity index (χ2n) is 2.96. The second kappa shape index (κ2) is 1.80. The minimum atomic E-state index is -1.44. The van der Waals surface area contributed by atoms with E-state index in [4.69, 9.17) is 5.26 Å². The topological polar surface area (TPSA) is 61.1 Å². The molecule has 0 amide bonds. The third kappa shape index (κ3) is 0.729. The van der Waals surface area contributed by atoms with Gasteiger partial charge in [0.05, 0.1) is 11.5 Å². The molecule has 0 aromatic carbocycles. The van der Waals surface area contributed by atoms with Crippen molar-refractivity contribution in [1.82, 2.24) is 0 Å². The fourth-order valence-corrected chi connectivity index (χ4v) is 0.969. The van der Waals surface area contributed by atoms with Gasteiger partial charge in [-0.2, -0.15) is 5.26 Å². The monoisotopic (exact) mass is 139 g/mol. The van der Waals surface area contributed by atoms with Crippen LogP contribution in [0.1, 0.15) is 19.8 Å². The largest absolute Gasteiger partial charge is 0.381 e. The van der Waals surface area contributed by atoms with Gasteiger partial charge in [-0.15, -0.1) is 0 Å². The first-order chi connectivity index (χ1) is 4.58. The molecule has 0 saturated heterocycles.